The van der Waals surface area contributed by atoms with Crippen LogP contribution in [0.4, 0.5) is 0 Å². The third-order valence-corrected chi connectivity index (χ3v) is 5.86. The summed E-state index contributed by atoms with van der Waals surface area (Å²) in [7, 11) is 0. The van der Waals surface area contributed by atoms with E-state index in [1.807, 2.05) is 23.1 Å². The van der Waals surface area contributed by atoms with Gasteiger partial charge >= 0.3 is 5.97 Å². The number of amides is 1. The highest BCUT2D eigenvalue weighted by atomic mass is 32.1. The summed E-state index contributed by atoms with van der Waals surface area (Å²) in [6.07, 6.45) is 2.19. The Hall–Kier alpha value is -2.73. The van der Waals surface area contributed by atoms with E-state index in [0.717, 1.165) is 40.2 Å². The molecule has 0 bridgehead atoms. The van der Waals surface area contributed by atoms with E-state index in [1.165, 1.54) is 0 Å². The molecule has 6 heteroatoms. The van der Waals surface area contributed by atoms with Crippen molar-refractivity contribution in [2.75, 3.05) is 6.54 Å². The molecule has 4 rings (SSSR count). The molecule has 5 nitrogen and oxygen atoms in total. The van der Waals surface area contributed by atoms with Gasteiger partial charge in [0.05, 0.1) is 28.2 Å². The lowest BCUT2D eigenvalue weighted by Crippen LogP contribution is -2.31. The maximum atomic E-state index is 12.8. The highest BCUT2D eigenvalue weighted by molar-refractivity contribution is 7.18. The van der Waals surface area contributed by atoms with Crippen molar-refractivity contribution in [1.29, 1.82) is 0 Å². The smallest absolute Gasteiger partial charge is 0.335 e. The summed E-state index contributed by atoms with van der Waals surface area (Å²) in [6.45, 7) is 0.743. The summed E-state index contributed by atoms with van der Waals surface area (Å²) in [6, 6.07) is 14.6. The number of hydrogen-bond acceptors (Lipinski definition) is 4. The van der Waals surface area contributed by atoms with Crippen molar-refractivity contribution in [2.45, 2.75) is 25.3 Å². The average molecular weight is 366 g/mol. The highest BCUT2D eigenvalue weighted by Crippen LogP contribution is 2.36. The number of carbonyl (C=O) groups excluding carboxylic acids is 1. The zero-order valence-electron chi connectivity index (χ0n) is 14.1. The van der Waals surface area contributed by atoms with E-state index in [0.29, 0.717) is 0 Å². The standard InChI is InChI=1S/C20H18N2O3S/c23-18(12-13-7-9-14(10-8-13)20(24)25)22-11-3-5-16(22)19-21-15-4-1-2-6-17(15)26-19/h1-2,4,6-10,16H,3,5,11-12H2,(H,24,25). The van der Waals surface area contributed by atoms with Gasteiger partial charge in [0.15, 0.2) is 0 Å². The van der Waals surface area contributed by atoms with Gasteiger partial charge in [0, 0.05) is 6.54 Å². The van der Waals surface area contributed by atoms with Crippen LogP contribution >= 0.6 is 11.3 Å². The van der Waals surface area contributed by atoms with E-state index < -0.39 is 5.97 Å². The quantitative estimate of drug-likeness (QED) is 0.760. The summed E-state index contributed by atoms with van der Waals surface area (Å²) in [5, 5.41) is 9.97. The number of aromatic nitrogens is 1. The molecule has 0 saturated carbocycles. The summed E-state index contributed by atoms with van der Waals surface area (Å²) in [4.78, 5) is 30.4. The fraction of sp³-hybridized carbons (Fsp3) is 0.250. The van der Waals surface area contributed by atoms with E-state index in [4.69, 9.17) is 10.1 Å². The molecule has 1 aliphatic rings. The summed E-state index contributed by atoms with van der Waals surface area (Å²) in [5.74, 6) is -0.895. The molecular formula is C20H18N2O3S. The van der Waals surface area contributed by atoms with E-state index in [9.17, 15) is 9.59 Å². The van der Waals surface area contributed by atoms with Crippen LogP contribution in [0.15, 0.2) is 48.5 Å². The molecule has 2 aromatic carbocycles. The van der Waals surface area contributed by atoms with Crippen molar-refractivity contribution in [3.63, 3.8) is 0 Å². The SMILES string of the molecule is O=C(O)c1ccc(CC(=O)N2CCCC2c2nc3ccccc3s2)cc1. The minimum atomic E-state index is -0.960. The molecule has 0 radical (unpaired) electrons. The van der Waals surface area contributed by atoms with Crippen LogP contribution in [0.5, 0.6) is 0 Å². The Morgan fingerprint density at radius 2 is 1.92 bits per heavy atom. The van der Waals surface area contributed by atoms with Gasteiger partial charge in [-0.05, 0) is 42.7 Å². The van der Waals surface area contributed by atoms with E-state index in [1.54, 1.807) is 35.6 Å². The third-order valence-electron chi connectivity index (χ3n) is 4.72. The molecule has 0 spiro atoms. The number of carbonyl (C=O) groups is 2. The molecule has 1 N–H and O–H groups in total. The minimum absolute atomic E-state index is 0.0400. The van der Waals surface area contributed by atoms with Gasteiger partial charge in [0.25, 0.3) is 0 Å². The Morgan fingerprint density at radius 3 is 2.65 bits per heavy atom. The molecule has 3 aromatic rings. The first kappa shape index (κ1) is 16.7. The fourth-order valence-corrected chi connectivity index (χ4v) is 4.51. The maximum absolute atomic E-state index is 12.8. The summed E-state index contributed by atoms with van der Waals surface area (Å²) < 4.78 is 1.14. The summed E-state index contributed by atoms with van der Waals surface area (Å²) in [5.41, 5.74) is 2.04. The van der Waals surface area contributed by atoms with Gasteiger partial charge in [-0.3, -0.25) is 4.79 Å². The van der Waals surface area contributed by atoms with Crippen molar-refractivity contribution < 1.29 is 14.7 Å². The molecule has 1 fully saturated rings. The fourth-order valence-electron chi connectivity index (χ4n) is 3.40. The van der Waals surface area contributed by atoms with Crippen LogP contribution in [-0.2, 0) is 11.2 Å². The molecule has 1 unspecified atom stereocenters. The minimum Gasteiger partial charge on any atom is -0.478 e. The predicted octanol–water partition coefficient (Wildman–Crippen LogP) is 3.90. The van der Waals surface area contributed by atoms with Crippen LogP contribution in [0.1, 0.15) is 39.8 Å². The molecule has 132 valence electrons. The van der Waals surface area contributed by atoms with E-state index in [2.05, 4.69) is 6.07 Å². The van der Waals surface area contributed by atoms with E-state index >= 15 is 0 Å². The van der Waals surface area contributed by atoms with Crippen LogP contribution in [0.3, 0.4) is 0 Å². The number of aromatic carboxylic acids is 1. The second-order valence-electron chi connectivity index (χ2n) is 6.44. The molecule has 2 heterocycles. The van der Waals surface area contributed by atoms with Gasteiger partial charge in [-0.15, -0.1) is 11.3 Å². The number of nitrogens with zero attached hydrogens (tertiary/aromatic N) is 2. The first-order valence-electron chi connectivity index (χ1n) is 8.59. The second-order valence-corrected chi connectivity index (χ2v) is 7.51. The van der Waals surface area contributed by atoms with Crippen molar-refractivity contribution in [3.05, 3.63) is 64.7 Å². The predicted molar refractivity (Wildman–Crippen MR) is 100 cm³/mol. The van der Waals surface area contributed by atoms with Crippen molar-refractivity contribution >= 4 is 33.4 Å². The number of benzene rings is 2. The monoisotopic (exact) mass is 366 g/mol. The highest BCUT2D eigenvalue weighted by Gasteiger charge is 2.32. The Morgan fingerprint density at radius 1 is 1.15 bits per heavy atom. The third kappa shape index (κ3) is 3.20. The lowest BCUT2D eigenvalue weighted by Gasteiger charge is -2.23. The number of carboxylic acids is 1. The van der Waals surface area contributed by atoms with Crippen molar-refractivity contribution in [2.24, 2.45) is 0 Å². The molecule has 0 aliphatic carbocycles. The van der Waals surface area contributed by atoms with Crippen molar-refractivity contribution in [1.82, 2.24) is 9.88 Å². The number of fused-ring (bicyclic) bond motifs is 1. The lowest BCUT2D eigenvalue weighted by atomic mass is 10.1. The molecule has 1 amide bonds. The van der Waals surface area contributed by atoms with Crippen LogP contribution in [0, 0.1) is 0 Å². The molecular weight excluding hydrogens is 348 g/mol. The van der Waals surface area contributed by atoms with Crippen LogP contribution in [0.2, 0.25) is 0 Å². The average Bonchev–Trinajstić information content (AvgIpc) is 3.28. The molecule has 1 atom stereocenters. The molecule has 26 heavy (non-hydrogen) atoms. The molecule has 1 aromatic heterocycles. The van der Waals surface area contributed by atoms with Gasteiger partial charge in [-0.25, -0.2) is 9.78 Å². The molecule has 1 saturated heterocycles. The zero-order valence-corrected chi connectivity index (χ0v) is 14.9. The zero-order chi connectivity index (χ0) is 18.1. The second kappa shape index (κ2) is 6.88. The van der Waals surface area contributed by atoms with Crippen molar-refractivity contribution in [3.8, 4) is 0 Å². The first-order valence-corrected chi connectivity index (χ1v) is 9.40. The number of likely N-dealkylation sites (tertiary alicyclic amines) is 1. The van der Waals surface area contributed by atoms with Gasteiger partial charge in [0.1, 0.15) is 5.01 Å². The number of para-hydroxylation sites is 1. The maximum Gasteiger partial charge on any atom is 0.335 e. The number of rotatable bonds is 4. The Balaban J connectivity index is 1.52. The van der Waals surface area contributed by atoms with Crippen LogP contribution in [-0.4, -0.2) is 33.4 Å². The van der Waals surface area contributed by atoms with Gasteiger partial charge in [0.2, 0.25) is 5.91 Å². The largest absolute Gasteiger partial charge is 0.478 e. The van der Waals surface area contributed by atoms with E-state index in [-0.39, 0.29) is 23.9 Å². The Bertz CT molecular complexity index is 932. The number of thiazole rings is 1. The van der Waals surface area contributed by atoms with Crippen LogP contribution in [0.25, 0.3) is 10.2 Å². The Kier molecular flexibility index (Phi) is 4.42. The Labute approximate surface area is 154 Å². The first-order chi connectivity index (χ1) is 12.6. The number of hydrogen-bond donors (Lipinski definition) is 1. The normalized spacial score (nSPS) is 16.9. The lowest BCUT2D eigenvalue weighted by molar-refractivity contribution is -0.131. The van der Waals surface area contributed by atoms with Gasteiger partial charge < -0.3 is 10.0 Å². The van der Waals surface area contributed by atoms with Gasteiger partial charge in [-0.2, -0.15) is 0 Å². The van der Waals surface area contributed by atoms with Crippen LogP contribution < -0.4 is 0 Å². The molecule has 1 aliphatic heterocycles. The number of carboxylic acid groups (broad SMARTS) is 1. The topological polar surface area (TPSA) is 70.5 Å². The van der Waals surface area contributed by atoms with Gasteiger partial charge in [-0.1, -0.05) is 24.3 Å². The summed E-state index contributed by atoms with van der Waals surface area (Å²) >= 11 is 1.66.